The van der Waals surface area contributed by atoms with Crippen molar-refractivity contribution >= 4 is 29.1 Å². The number of nitrogens with zero attached hydrogens (tertiary/aromatic N) is 3. The van der Waals surface area contributed by atoms with Gasteiger partial charge in [0.2, 0.25) is 5.91 Å². The number of hydrogen-bond acceptors (Lipinski definition) is 3. The predicted molar refractivity (Wildman–Crippen MR) is 94.5 cm³/mol. The molecule has 3 rings (SSSR count). The summed E-state index contributed by atoms with van der Waals surface area (Å²) in [5, 5.41) is 12.4. The molecule has 128 valence electrons. The maximum absolute atomic E-state index is 12.1. The van der Waals surface area contributed by atoms with E-state index in [-0.39, 0.29) is 12.3 Å². The fourth-order valence-corrected chi connectivity index (χ4v) is 3.26. The topological polar surface area (TPSA) is 59.8 Å². The van der Waals surface area contributed by atoms with Gasteiger partial charge in [0.05, 0.1) is 16.5 Å². The maximum Gasteiger partial charge on any atom is 0.224 e. The summed E-state index contributed by atoms with van der Waals surface area (Å²) < 4.78 is 2.21. The minimum atomic E-state index is -0.0380. The Morgan fingerprint density at radius 1 is 1.17 bits per heavy atom. The summed E-state index contributed by atoms with van der Waals surface area (Å²) in [6.45, 7) is 1.53. The predicted octanol–water partition coefficient (Wildman–Crippen LogP) is 3.21. The van der Waals surface area contributed by atoms with E-state index in [0.717, 1.165) is 30.2 Å². The van der Waals surface area contributed by atoms with Crippen molar-refractivity contribution in [2.45, 2.75) is 45.1 Å². The number of halogens is 2. The summed E-state index contributed by atoms with van der Waals surface area (Å²) in [5.41, 5.74) is 0.846. The molecule has 0 saturated heterocycles. The largest absolute Gasteiger partial charge is 0.355 e. The molecule has 0 atom stereocenters. The summed E-state index contributed by atoms with van der Waals surface area (Å²) in [6.07, 6.45) is 5.56. The minimum Gasteiger partial charge on any atom is -0.355 e. The lowest BCUT2D eigenvalue weighted by Crippen LogP contribution is -2.28. The second kappa shape index (κ2) is 7.99. The number of nitrogens with one attached hydrogen (secondary N) is 1. The molecular weight excluding hydrogens is 347 g/mol. The first-order valence-electron chi connectivity index (χ1n) is 8.25. The summed E-state index contributed by atoms with van der Waals surface area (Å²) in [4.78, 5) is 12.1. The molecule has 0 aliphatic carbocycles. The molecule has 7 heteroatoms. The monoisotopic (exact) mass is 366 g/mol. The Bertz CT molecular complexity index is 729. The van der Waals surface area contributed by atoms with E-state index in [4.69, 9.17) is 23.2 Å². The minimum absolute atomic E-state index is 0.0380. The van der Waals surface area contributed by atoms with Crippen molar-refractivity contribution in [2.75, 3.05) is 6.54 Å². The van der Waals surface area contributed by atoms with Gasteiger partial charge in [-0.15, -0.1) is 10.2 Å². The van der Waals surface area contributed by atoms with Gasteiger partial charge in [0.25, 0.3) is 0 Å². The number of amides is 1. The number of aryl methyl sites for hydroxylation is 1. The van der Waals surface area contributed by atoms with Crippen molar-refractivity contribution in [2.24, 2.45) is 0 Å². The van der Waals surface area contributed by atoms with Crippen LogP contribution in [-0.2, 0) is 30.6 Å². The Morgan fingerprint density at radius 3 is 2.88 bits per heavy atom. The van der Waals surface area contributed by atoms with Crippen LogP contribution in [0, 0.1) is 0 Å². The van der Waals surface area contributed by atoms with Crippen LogP contribution in [0.15, 0.2) is 18.2 Å². The molecule has 1 amide bonds. The molecule has 0 spiro atoms. The molecule has 0 saturated carbocycles. The van der Waals surface area contributed by atoms with E-state index >= 15 is 0 Å². The third-order valence-corrected chi connectivity index (χ3v) is 4.94. The molecule has 0 radical (unpaired) electrons. The van der Waals surface area contributed by atoms with E-state index in [0.29, 0.717) is 23.0 Å². The molecule has 0 fully saturated rings. The van der Waals surface area contributed by atoms with Crippen LogP contribution < -0.4 is 5.32 Å². The van der Waals surface area contributed by atoms with E-state index in [1.54, 1.807) is 12.1 Å². The van der Waals surface area contributed by atoms with Gasteiger partial charge in [-0.1, -0.05) is 35.7 Å². The molecule has 1 aliphatic rings. The molecule has 1 aliphatic heterocycles. The zero-order valence-electron chi connectivity index (χ0n) is 13.4. The van der Waals surface area contributed by atoms with Gasteiger partial charge in [-0.2, -0.15) is 0 Å². The maximum atomic E-state index is 12.1. The van der Waals surface area contributed by atoms with Gasteiger partial charge < -0.3 is 9.88 Å². The lowest BCUT2D eigenvalue weighted by Gasteiger charge is -2.08. The second-order valence-electron chi connectivity index (χ2n) is 6.02. The molecule has 1 N–H and O–H groups in total. The Kier molecular flexibility index (Phi) is 5.74. The zero-order chi connectivity index (χ0) is 16.9. The Balaban J connectivity index is 1.50. The number of rotatable bonds is 5. The van der Waals surface area contributed by atoms with Crippen LogP contribution in [0.1, 0.15) is 36.5 Å². The van der Waals surface area contributed by atoms with Gasteiger partial charge in [0.1, 0.15) is 11.6 Å². The van der Waals surface area contributed by atoms with E-state index in [1.807, 2.05) is 6.07 Å². The lowest BCUT2D eigenvalue weighted by atomic mass is 10.1. The van der Waals surface area contributed by atoms with Crippen LogP contribution in [0.5, 0.6) is 0 Å². The van der Waals surface area contributed by atoms with Crippen LogP contribution in [-0.4, -0.2) is 27.2 Å². The molecular formula is C17H20Cl2N4O. The molecule has 2 heterocycles. The van der Waals surface area contributed by atoms with E-state index in [2.05, 4.69) is 20.1 Å². The summed E-state index contributed by atoms with van der Waals surface area (Å²) in [5.74, 6) is 2.00. The molecule has 0 unspecified atom stereocenters. The highest BCUT2D eigenvalue weighted by Gasteiger charge is 2.14. The van der Waals surface area contributed by atoms with Gasteiger partial charge >= 0.3 is 0 Å². The summed E-state index contributed by atoms with van der Waals surface area (Å²) in [7, 11) is 0. The van der Waals surface area contributed by atoms with Gasteiger partial charge in [-0.05, 0) is 30.5 Å². The quantitative estimate of drug-likeness (QED) is 0.883. The van der Waals surface area contributed by atoms with E-state index in [1.165, 1.54) is 19.3 Å². The first kappa shape index (κ1) is 17.2. The molecule has 0 bridgehead atoms. The third kappa shape index (κ3) is 4.28. The summed E-state index contributed by atoms with van der Waals surface area (Å²) in [6, 6.07) is 5.24. The second-order valence-corrected chi connectivity index (χ2v) is 6.83. The fraction of sp³-hybridized carbons (Fsp3) is 0.471. The molecule has 1 aromatic heterocycles. The Hall–Kier alpha value is -1.59. The summed E-state index contributed by atoms with van der Waals surface area (Å²) >= 11 is 11.8. The SMILES string of the molecule is O=C(Cc1ccc(Cl)c(Cl)c1)NCCc1nnc2n1CCCCC2. The standard InChI is InChI=1S/C17H20Cl2N4O/c18-13-6-5-12(10-14(13)19)11-17(24)20-8-7-16-22-21-15-4-2-1-3-9-23(15)16/h5-6,10H,1-4,7-9,11H2,(H,20,24). The zero-order valence-corrected chi connectivity index (χ0v) is 14.9. The van der Waals surface area contributed by atoms with Crippen molar-refractivity contribution in [3.63, 3.8) is 0 Å². The number of carbonyl (C=O) groups excluding carboxylic acids is 1. The number of hydrogen-bond donors (Lipinski definition) is 1. The highest BCUT2D eigenvalue weighted by Crippen LogP contribution is 2.22. The first-order valence-corrected chi connectivity index (χ1v) is 9.00. The third-order valence-electron chi connectivity index (χ3n) is 4.21. The fourth-order valence-electron chi connectivity index (χ4n) is 2.94. The van der Waals surface area contributed by atoms with Gasteiger partial charge in [-0.25, -0.2) is 0 Å². The highest BCUT2D eigenvalue weighted by atomic mass is 35.5. The van der Waals surface area contributed by atoms with Crippen LogP contribution in [0.3, 0.4) is 0 Å². The molecule has 2 aromatic rings. The highest BCUT2D eigenvalue weighted by molar-refractivity contribution is 6.42. The van der Waals surface area contributed by atoms with Crippen molar-refractivity contribution in [1.29, 1.82) is 0 Å². The van der Waals surface area contributed by atoms with Gasteiger partial charge in [0, 0.05) is 25.9 Å². The molecule has 5 nitrogen and oxygen atoms in total. The number of aromatic nitrogens is 3. The van der Waals surface area contributed by atoms with E-state index in [9.17, 15) is 4.79 Å². The first-order chi connectivity index (χ1) is 11.6. The average Bonchev–Trinajstić information content (AvgIpc) is 2.79. The molecule has 24 heavy (non-hydrogen) atoms. The average molecular weight is 367 g/mol. The van der Waals surface area contributed by atoms with Gasteiger partial charge in [0.15, 0.2) is 0 Å². The van der Waals surface area contributed by atoms with Crippen molar-refractivity contribution in [3.05, 3.63) is 45.5 Å². The van der Waals surface area contributed by atoms with Gasteiger partial charge in [-0.3, -0.25) is 4.79 Å². The van der Waals surface area contributed by atoms with Crippen molar-refractivity contribution < 1.29 is 4.79 Å². The Labute approximate surface area is 151 Å². The van der Waals surface area contributed by atoms with Crippen LogP contribution in [0.2, 0.25) is 10.0 Å². The number of fused-ring (bicyclic) bond motifs is 1. The lowest BCUT2D eigenvalue weighted by molar-refractivity contribution is -0.120. The smallest absolute Gasteiger partial charge is 0.224 e. The van der Waals surface area contributed by atoms with Crippen LogP contribution >= 0.6 is 23.2 Å². The number of carbonyl (C=O) groups is 1. The van der Waals surface area contributed by atoms with E-state index < -0.39 is 0 Å². The number of benzene rings is 1. The van der Waals surface area contributed by atoms with Crippen molar-refractivity contribution in [1.82, 2.24) is 20.1 Å². The van der Waals surface area contributed by atoms with Crippen LogP contribution in [0.25, 0.3) is 0 Å². The molecule has 1 aromatic carbocycles. The normalized spacial score (nSPS) is 14.1. The van der Waals surface area contributed by atoms with Crippen molar-refractivity contribution in [3.8, 4) is 0 Å². The van der Waals surface area contributed by atoms with Crippen LogP contribution in [0.4, 0.5) is 0 Å². The Morgan fingerprint density at radius 2 is 2.04 bits per heavy atom.